The Bertz CT molecular complexity index is 811. The van der Waals surface area contributed by atoms with Crippen LogP contribution < -0.4 is 10.0 Å². The quantitative estimate of drug-likeness (QED) is 0.777. The second-order valence-electron chi connectivity index (χ2n) is 5.27. The maximum Gasteiger partial charge on any atom is 0.433 e. The summed E-state index contributed by atoms with van der Waals surface area (Å²) in [5.74, 6) is -0.580. The third-order valence-corrected chi connectivity index (χ3v) is 4.46. The Morgan fingerprint density at radius 1 is 1.12 bits per heavy atom. The number of aryl methyl sites for hydroxylation is 1. The number of sulfonamides is 1. The smallest absolute Gasteiger partial charge is 0.353 e. The van der Waals surface area contributed by atoms with Crippen molar-refractivity contribution in [2.75, 3.05) is 17.6 Å². The summed E-state index contributed by atoms with van der Waals surface area (Å²) in [4.78, 5) is 7.18. The highest BCUT2D eigenvalue weighted by Crippen LogP contribution is 2.28. The van der Waals surface area contributed by atoms with Crippen molar-refractivity contribution in [2.24, 2.45) is 0 Å². The molecule has 1 aromatic carbocycles. The first-order valence-corrected chi connectivity index (χ1v) is 8.99. The lowest BCUT2D eigenvalue weighted by Crippen LogP contribution is -2.29. The minimum absolute atomic E-state index is 0.120. The average molecular weight is 374 g/mol. The van der Waals surface area contributed by atoms with Crippen molar-refractivity contribution in [3.63, 3.8) is 0 Å². The van der Waals surface area contributed by atoms with Gasteiger partial charge >= 0.3 is 6.18 Å². The summed E-state index contributed by atoms with van der Waals surface area (Å²) in [5.41, 5.74) is -0.140. The van der Waals surface area contributed by atoms with Crippen molar-refractivity contribution in [3.8, 4) is 0 Å². The molecule has 0 saturated heterocycles. The minimum Gasteiger partial charge on any atom is -0.353 e. The largest absolute Gasteiger partial charge is 0.433 e. The molecule has 2 rings (SSSR count). The predicted octanol–water partition coefficient (Wildman–Crippen LogP) is 2.34. The third-order valence-electron chi connectivity index (χ3n) is 3.14. The third kappa shape index (κ3) is 6.31. The number of hydrogen-bond donors (Lipinski definition) is 2. The van der Waals surface area contributed by atoms with Crippen LogP contribution in [0.1, 0.15) is 17.0 Å². The number of hydrogen-bond acceptors (Lipinski definition) is 5. The molecule has 2 N–H and O–H groups in total. The fraction of sp³-hybridized carbons (Fsp3) is 0.333. The highest BCUT2D eigenvalue weighted by molar-refractivity contribution is 7.89. The molecule has 0 atom stereocenters. The molecule has 0 unspecified atom stereocenters. The van der Waals surface area contributed by atoms with Crippen LogP contribution in [0.15, 0.2) is 36.4 Å². The van der Waals surface area contributed by atoms with Gasteiger partial charge in [-0.25, -0.2) is 23.1 Å². The lowest BCUT2D eigenvalue weighted by molar-refractivity contribution is -0.141. The molecule has 0 aliphatic carbocycles. The van der Waals surface area contributed by atoms with Crippen molar-refractivity contribution in [1.29, 1.82) is 0 Å². The van der Waals surface area contributed by atoms with Crippen molar-refractivity contribution in [1.82, 2.24) is 14.7 Å². The fourth-order valence-electron chi connectivity index (χ4n) is 1.95. The van der Waals surface area contributed by atoms with E-state index in [9.17, 15) is 21.6 Å². The van der Waals surface area contributed by atoms with E-state index in [0.29, 0.717) is 0 Å². The van der Waals surface area contributed by atoms with Crippen LogP contribution >= 0.6 is 0 Å². The van der Waals surface area contributed by atoms with E-state index < -0.39 is 21.9 Å². The number of alkyl halides is 3. The summed E-state index contributed by atoms with van der Waals surface area (Å²) >= 11 is 0. The van der Waals surface area contributed by atoms with E-state index >= 15 is 0 Å². The molecular weight excluding hydrogens is 357 g/mol. The molecule has 0 amide bonds. The van der Waals surface area contributed by atoms with Crippen LogP contribution in [0.3, 0.4) is 0 Å². The molecule has 2 aromatic rings. The zero-order chi connectivity index (χ0) is 18.5. The van der Waals surface area contributed by atoms with E-state index in [4.69, 9.17) is 0 Å². The van der Waals surface area contributed by atoms with Crippen molar-refractivity contribution >= 4 is 16.0 Å². The fourth-order valence-corrected chi connectivity index (χ4v) is 2.85. The monoisotopic (exact) mass is 374 g/mol. The van der Waals surface area contributed by atoms with Gasteiger partial charge in [-0.2, -0.15) is 13.2 Å². The van der Waals surface area contributed by atoms with Crippen LogP contribution in [0.5, 0.6) is 0 Å². The number of halogens is 3. The average Bonchev–Trinajstić information content (AvgIpc) is 2.53. The summed E-state index contributed by atoms with van der Waals surface area (Å²) in [6, 6.07) is 9.78. The molecule has 136 valence electrons. The van der Waals surface area contributed by atoms with Crippen LogP contribution in [0.4, 0.5) is 19.1 Å². The molecule has 0 fully saturated rings. The normalized spacial score (nSPS) is 12.2. The van der Waals surface area contributed by atoms with E-state index in [-0.39, 0.29) is 30.5 Å². The molecule has 0 bridgehead atoms. The van der Waals surface area contributed by atoms with Gasteiger partial charge < -0.3 is 5.32 Å². The summed E-state index contributed by atoms with van der Waals surface area (Å²) in [6.45, 7) is 1.42. The first-order valence-electron chi connectivity index (χ1n) is 7.34. The van der Waals surface area contributed by atoms with Gasteiger partial charge in [0.25, 0.3) is 0 Å². The standard InChI is InChI=1S/C15H17F3N4O2S/c1-11-9-13(15(16,17)18)22-14(21-11)19-7-8-25(23,24)20-10-12-5-3-2-4-6-12/h2-6,9,20H,7-8,10H2,1H3,(H,19,21,22). The summed E-state index contributed by atoms with van der Waals surface area (Å²) in [5, 5.41) is 2.51. The molecule has 1 heterocycles. The molecule has 25 heavy (non-hydrogen) atoms. The zero-order valence-electron chi connectivity index (χ0n) is 13.3. The van der Waals surface area contributed by atoms with E-state index in [1.54, 1.807) is 24.3 Å². The van der Waals surface area contributed by atoms with Gasteiger partial charge in [-0.3, -0.25) is 0 Å². The van der Waals surface area contributed by atoms with Gasteiger partial charge in [0.2, 0.25) is 16.0 Å². The van der Waals surface area contributed by atoms with Gasteiger partial charge in [-0.1, -0.05) is 30.3 Å². The SMILES string of the molecule is Cc1cc(C(F)(F)F)nc(NCCS(=O)(=O)NCc2ccccc2)n1. The predicted molar refractivity (Wildman–Crippen MR) is 87.3 cm³/mol. The Morgan fingerprint density at radius 2 is 1.80 bits per heavy atom. The topological polar surface area (TPSA) is 84.0 Å². The van der Waals surface area contributed by atoms with E-state index in [2.05, 4.69) is 20.0 Å². The number of aromatic nitrogens is 2. The number of nitrogens with one attached hydrogen (secondary N) is 2. The number of rotatable bonds is 7. The highest BCUT2D eigenvalue weighted by Gasteiger charge is 2.33. The second kappa shape index (κ2) is 7.79. The lowest BCUT2D eigenvalue weighted by Gasteiger charge is -2.11. The van der Waals surface area contributed by atoms with E-state index in [1.165, 1.54) is 6.92 Å². The first-order chi connectivity index (χ1) is 11.7. The summed E-state index contributed by atoms with van der Waals surface area (Å²) in [6.07, 6.45) is -4.59. The van der Waals surface area contributed by atoms with Gasteiger partial charge in [-0.05, 0) is 18.6 Å². The van der Waals surface area contributed by atoms with Crippen molar-refractivity contribution < 1.29 is 21.6 Å². The van der Waals surface area contributed by atoms with Gasteiger partial charge in [0, 0.05) is 18.8 Å². The Morgan fingerprint density at radius 3 is 2.44 bits per heavy atom. The van der Waals surface area contributed by atoms with Crippen LogP contribution in [-0.4, -0.2) is 30.7 Å². The molecule has 0 saturated carbocycles. The first kappa shape index (κ1) is 19.1. The maximum absolute atomic E-state index is 12.7. The molecule has 0 radical (unpaired) electrons. The van der Waals surface area contributed by atoms with Gasteiger partial charge in [0.05, 0.1) is 5.75 Å². The zero-order valence-corrected chi connectivity index (χ0v) is 14.2. The Labute approximate surface area is 143 Å². The minimum atomic E-state index is -4.59. The van der Waals surface area contributed by atoms with E-state index in [1.807, 2.05) is 6.07 Å². The van der Waals surface area contributed by atoms with Gasteiger partial charge in [-0.15, -0.1) is 0 Å². The Hall–Kier alpha value is -2.20. The van der Waals surface area contributed by atoms with E-state index in [0.717, 1.165) is 11.6 Å². The van der Waals surface area contributed by atoms with Crippen molar-refractivity contribution in [2.45, 2.75) is 19.6 Å². The number of nitrogens with zero attached hydrogens (tertiary/aromatic N) is 2. The summed E-state index contributed by atoms with van der Waals surface area (Å²) in [7, 11) is -3.59. The number of anilines is 1. The van der Waals surface area contributed by atoms with Crippen molar-refractivity contribution in [3.05, 3.63) is 53.3 Å². The van der Waals surface area contributed by atoms with Crippen LogP contribution in [0, 0.1) is 6.92 Å². The van der Waals surface area contributed by atoms with Gasteiger partial charge in [0.1, 0.15) is 5.69 Å². The molecule has 1 aromatic heterocycles. The summed E-state index contributed by atoms with van der Waals surface area (Å²) < 4.78 is 64.3. The second-order valence-corrected chi connectivity index (χ2v) is 7.19. The van der Waals surface area contributed by atoms with Crippen LogP contribution in [0.25, 0.3) is 0 Å². The molecule has 0 aliphatic heterocycles. The van der Waals surface area contributed by atoms with Crippen LogP contribution in [-0.2, 0) is 22.7 Å². The number of benzene rings is 1. The molecular formula is C15H17F3N4O2S. The maximum atomic E-state index is 12.7. The highest BCUT2D eigenvalue weighted by atomic mass is 32.2. The molecule has 10 heteroatoms. The Balaban J connectivity index is 1.90. The van der Waals surface area contributed by atoms with Crippen LogP contribution in [0.2, 0.25) is 0 Å². The molecule has 6 nitrogen and oxygen atoms in total. The lowest BCUT2D eigenvalue weighted by atomic mass is 10.2. The Kier molecular flexibility index (Phi) is 5.96. The molecule has 0 aliphatic rings. The van der Waals surface area contributed by atoms with Gasteiger partial charge in [0.15, 0.2) is 0 Å². The molecule has 0 spiro atoms.